The van der Waals surface area contributed by atoms with E-state index in [0.717, 1.165) is 19.4 Å². The van der Waals surface area contributed by atoms with E-state index in [1.165, 1.54) is 45.6 Å². The molecule has 0 saturated carbocycles. The van der Waals surface area contributed by atoms with E-state index >= 15 is 0 Å². The van der Waals surface area contributed by atoms with Crippen LogP contribution in [0.4, 0.5) is 0 Å². The fourth-order valence-corrected chi connectivity index (χ4v) is 2.15. The highest BCUT2D eigenvalue weighted by Gasteiger charge is 2.14. The number of carbonyl (C=O) groups is 1. The summed E-state index contributed by atoms with van der Waals surface area (Å²) in [7, 11) is 1.45. The van der Waals surface area contributed by atoms with Gasteiger partial charge in [0.1, 0.15) is 0 Å². The number of hydrogen-bond donors (Lipinski definition) is 0. The van der Waals surface area contributed by atoms with E-state index in [-0.39, 0.29) is 5.97 Å². The fraction of sp³-hybridized carbons (Fsp3) is 0.923. The van der Waals surface area contributed by atoms with Crippen LogP contribution in [0, 0.1) is 0 Å². The first-order chi connectivity index (χ1) is 7.83. The molecule has 0 amide bonds. The van der Waals surface area contributed by atoms with Crippen LogP contribution in [-0.4, -0.2) is 25.8 Å². The Balaban J connectivity index is 1.79. The Hall–Kier alpha value is -0.570. The molecule has 0 aliphatic carbocycles. The van der Waals surface area contributed by atoms with Gasteiger partial charge in [0, 0.05) is 13.0 Å². The molecule has 0 aromatic carbocycles. The van der Waals surface area contributed by atoms with Crippen LogP contribution in [-0.2, 0) is 14.3 Å². The Morgan fingerprint density at radius 1 is 1.25 bits per heavy atom. The van der Waals surface area contributed by atoms with Gasteiger partial charge in [-0.3, -0.25) is 4.79 Å². The maximum absolute atomic E-state index is 10.8. The molecular formula is C13H24O3. The van der Waals surface area contributed by atoms with Crippen LogP contribution in [0.1, 0.15) is 57.8 Å². The number of hydrogen-bond acceptors (Lipinski definition) is 3. The van der Waals surface area contributed by atoms with Gasteiger partial charge in [-0.2, -0.15) is 0 Å². The van der Waals surface area contributed by atoms with Gasteiger partial charge in [-0.25, -0.2) is 0 Å². The summed E-state index contributed by atoms with van der Waals surface area (Å²) in [5, 5.41) is 0. The van der Waals surface area contributed by atoms with Crippen molar-refractivity contribution >= 4 is 5.97 Å². The Bertz CT molecular complexity index is 186. The number of carbonyl (C=O) groups excluding carboxylic acids is 1. The highest BCUT2D eigenvalue weighted by atomic mass is 16.5. The van der Waals surface area contributed by atoms with Crippen molar-refractivity contribution in [1.29, 1.82) is 0 Å². The first kappa shape index (κ1) is 13.5. The number of ether oxygens (including phenoxy) is 2. The van der Waals surface area contributed by atoms with E-state index in [4.69, 9.17) is 4.74 Å². The van der Waals surface area contributed by atoms with Gasteiger partial charge in [-0.15, -0.1) is 0 Å². The first-order valence-electron chi connectivity index (χ1n) is 6.51. The molecule has 0 spiro atoms. The standard InChI is InChI=1S/C13H24O3/c1-15-13(14)10-6-4-2-3-5-8-12-9-7-11-16-12/h12H,2-11H2,1H3. The van der Waals surface area contributed by atoms with Crippen LogP contribution in [0.25, 0.3) is 0 Å². The topological polar surface area (TPSA) is 35.5 Å². The Labute approximate surface area is 98.5 Å². The third-order valence-electron chi connectivity index (χ3n) is 3.16. The molecule has 1 fully saturated rings. The maximum atomic E-state index is 10.8. The van der Waals surface area contributed by atoms with E-state index in [0.29, 0.717) is 12.5 Å². The summed E-state index contributed by atoms with van der Waals surface area (Å²) in [6.07, 6.45) is 10.7. The van der Waals surface area contributed by atoms with Crippen LogP contribution >= 0.6 is 0 Å². The number of esters is 1. The Kier molecular flexibility index (Phi) is 7.23. The Morgan fingerprint density at radius 3 is 2.69 bits per heavy atom. The predicted molar refractivity (Wildman–Crippen MR) is 63.3 cm³/mol. The summed E-state index contributed by atoms with van der Waals surface area (Å²) in [4.78, 5) is 10.8. The average molecular weight is 228 g/mol. The quantitative estimate of drug-likeness (QED) is 0.473. The molecule has 1 heterocycles. The average Bonchev–Trinajstić information content (AvgIpc) is 2.80. The van der Waals surface area contributed by atoms with Gasteiger partial charge in [0.05, 0.1) is 13.2 Å². The minimum Gasteiger partial charge on any atom is -0.469 e. The van der Waals surface area contributed by atoms with Gasteiger partial charge in [0.25, 0.3) is 0 Å². The molecule has 1 atom stereocenters. The molecule has 3 heteroatoms. The van der Waals surface area contributed by atoms with Crippen molar-refractivity contribution in [3.05, 3.63) is 0 Å². The van der Waals surface area contributed by atoms with Crippen LogP contribution in [0.5, 0.6) is 0 Å². The molecule has 0 bridgehead atoms. The molecular weight excluding hydrogens is 204 g/mol. The number of rotatable bonds is 8. The summed E-state index contributed by atoms with van der Waals surface area (Å²) in [5.41, 5.74) is 0. The minimum absolute atomic E-state index is 0.0839. The van der Waals surface area contributed by atoms with Crippen LogP contribution in [0.2, 0.25) is 0 Å². The smallest absolute Gasteiger partial charge is 0.305 e. The molecule has 1 saturated heterocycles. The van der Waals surface area contributed by atoms with Crippen molar-refractivity contribution < 1.29 is 14.3 Å². The highest BCUT2D eigenvalue weighted by molar-refractivity contribution is 5.68. The molecule has 94 valence electrons. The van der Waals surface area contributed by atoms with Crippen molar-refractivity contribution in [3.63, 3.8) is 0 Å². The van der Waals surface area contributed by atoms with Crippen molar-refractivity contribution in [3.8, 4) is 0 Å². The molecule has 1 aliphatic heterocycles. The van der Waals surface area contributed by atoms with Crippen LogP contribution in [0.3, 0.4) is 0 Å². The van der Waals surface area contributed by atoms with Crippen molar-refractivity contribution in [1.82, 2.24) is 0 Å². The second kappa shape index (κ2) is 8.57. The summed E-state index contributed by atoms with van der Waals surface area (Å²) in [5.74, 6) is -0.0839. The zero-order chi connectivity index (χ0) is 11.6. The van der Waals surface area contributed by atoms with Gasteiger partial charge >= 0.3 is 5.97 Å². The zero-order valence-electron chi connectivity index (χ0n) is 10.4. The van der Waals surface area contributed by atoms with E-state index < -0.39 is 0 Å². The third-order valence-corrected chi connectivity index (χ3v) is 3.16. The molecule has 0 aromatic rings. The van der Waals surface area contributed by atoms with E-state index in [9.17, 15) is 4.79 Å². The summed E-state index contributed by atoms with van der Waals surface area (Å²) < 4.78 is 10.2. The zero-order valence-corrected chi connectivity index (χ0v) is 10.4. The molecule has 1 unspecified atom stereocenters. The summed E-state index contributed by atoms with van der Waals surface area (Å²) in [6.45, 7) is 0.962. The van der Waals surface area contributed by atoms with Crippen molar-refractivity contribution in [2.75, 3.05) is 13.7 Å². The lowest BCUT2D eigenvalue weighted by molar-refractivity contribution is -0.140. The fourth-order valence-electron chi connectivity index (χ4n) is 2.15. The molecule has 0 N–H and O–H groups in total. The molecule has 16 heavy (non-hydrogen) atoms. The van der Waals surface area contributed by atoms with Gasteiger partial charge in [-0.05, 0) is 25.7 Å². The van der Waals surface area contributed by atoms with E-state index in [2.05, 4.69) is 4.74 Å². The number of methoxy groups -OCH3 is 1. The lowest BCUT2D eigenvalue weighted by Crippen LogP contribution is -2.03. The van der Waals surface area contributed by atoms with Crippen molar-refractivity contribution in [2.24, 2.45) is 0 Å². The lowest BCUT2D eigenvalue weighted by atomic mass is 10.1. The van der Waals surface area contributed by atoms with Gasteiger partial charge < -0.3 is 9.47 Å². The van der Waals surface area contributed by atoms with Gasteiger partial charge in [-0.1, -0.05) is 25.7 Å². The Morgan fingerprint density at radius 2 is 2.00 bits per heavy atom. The maximum Gasteiger partial charge on any atom is 0.305 e. The normalized spacial score (nSPS) is 19.9. The van der Waals surface area contributed by atoms with E-state index in [1.54, 1.807) is 0 Å². The first-order valence-corrected chi connectivity index (χ1v) is 6.51. The lowest BCUT2D eigenvalue weighted by Gasteiger charge is -2.08. The summed E-state index contributed by atoms with van der Waals surface area (Å²) >= 11 is 0. The monoisotopic (exact) mass is 228 g/mol. The molecule has 1 aliphatic rings. The number of unbranched alkanes of at least 4 members (excludes halogenated alkanes) is 4. The second-order valence-electron chi connectivity index (χ2n) is 4.52. The third kappa shape index (κ3) is 6.11. The van der Waals surface area contributed by atoms with Crippen molar-refractivity contribution in [2.45, 2.75) is 63.9 Å². The molecule has 0 radical (unpaired) electrons. The van der Waals surface area contributed by atoms with Gasteiger partial charge in [0.15, 0.2) is 0 Å². The highest BCUT2D eigenvalue weighted by Crippen LogP contribution is 2.18. The summed E-state index contributed by atoms with van der Waals surface area (Å²) in [6, 6.07) is 0. The molecule has 3 nitrogen and oxygen atoms in total. The van der Waals surface area contributed by atoms with E-state index in [1.807, 2.05) is 0 Å². The van der Waals surface area contributed by atoms with Crippen LogP contribution < -0.4 is 0 Å². The second-order valence-corrected chi connectivity index (χ2v) is 4.52. The largest absolute Gasteiger partial charge is 0.469 e. The molecule has 1 rings (SSSR count). The van der Waals surface area contributed by atoms with Gasteiger partial charge in [0.2, 0.25) is 0 Å². The minimum atomic E-state index is -0.0839. The molecule has 0 aromatic heterocycles. The van der Waals surface area contributed by atoms with Crippen LogP contribution in [0.15, 0.2) is 0 Å². The predicted octanol–water partition coefficient (Wildman–Crippen LogP) is 3.07. The SMILES string of the molecule is COC(=O)CCCCCCCC1CCCO1.